The molecule has 1 saturated heterocycles. The van der Waals surface area contributed by atoms with Gasteiger partial charge in [0.2, 0.25) is 0 Å². The lowest BCUT2D eigenvalue weighted by atomic mass is 9.94. The molecule has 1 aliphatic rings. The molecule has 126 valence electrons. The van der Waals surface area contributed by atoms with Crippen LogP contribution >= 0.6 is 11.3 Å². The van der Waals surface area contributed by atoms with Crippen molar-refractivity contribution in [3.8, 4) is 10.6 Å². The number of aryl methyl sites for hydroxylation is 1. The Labute approximate surface area is 145 Å². The second-order valence-corrected chi connectivity index (χ2v) is 7.51. The lowest BCUT2D eigenvalue weighted by Crippen LogP contribution is -2.36. The molecule has 5 nitrogen and oxygen atoms in total. The molecule has 0 N–H and O–H groups in total. The minimum Gasteiger partial charge on any atom is -0.355 e. The summed E-state index contributed by atoms with van der Waals surface area (Å²) in [5.74, 6) is 2.73. The standard InChI is InChI=1S/C18H22N4OS/c1-21-8-6-19-18(21)10-14-4-2-7-22(12-14)13-15-11-16(23-20-15)17-5-3-9-24-17/h3,5-6,8-9,11,14H,2,4,7,10,12-13H2,1H3/t14-/m1/s1. The molecule has 1 atom stereocenters. The normalized spacial score (nSPS) is 19.0. The SMILES string of the molecule is Cn1ccnc1C[C@H]1CCCN(Cc2cc(-c3cccs3)on2)C1. The molecule has 0 amide bonds. The first-order chi connectivity index (χ1) is 11.8. The summed E-state index contributed by atoms with van der Waals surface area (Å²) < 4.78 is 7.63. The fraction of sp³-hybridized carbons (Fsp3) is 0.444. The van der Waals surface area contributed by atoms with Crippen molar-refractivity contribution in [2.24, 2.45) is 13.0 Å². The smallest absolute Gasteiger partial charge is 0.177 e. The van der Waals surface area contributed by atoms with Gasteiger partial charge in [0.25, 0.3) is 0 Å². The number of hydrogen-bond donors (Lipinski definition) is 0. The number of likely N-dealkylation sites (tertiary alicyclic amines) is 1. The lowest BCUT2D eigenvalue weighted by Gasteiger charge is -2.32. The second-order valence-electron chi connectivity index (χ2n) is 6.56. The average molecular weight is 342 g/mol. The Bertz CT molecular complexity index is 777. The zero-order chi connectivity index (χ0) is 16.4. The molecule has 0 aromatic carbocycles. The first kappa shape index (κ1) is 15.6. The van der Waals surface area contributed by atoms with E-state index in [4.69, 9.17) is 4.52 Å². The Hall–Kier alpha value is -1.92. The molecule has 0 radical (unpaired) electrons. The van der Waals surface area contributed by atoms with Gasteiger partial charge in [-0.1, -0.05) is 11.2 Å². The maximum Gasteiger partial charge on any atom is 0.177 e. The molecule has 3 aromatic heterocycles. The zero-order valence-electron chi connectivity index (χ0n) is 13.9. The fourth-order valence-corrected chi connectivity index (χ4v) is 4.14. The maximum atomic E-state index is 5.50. The first-order valence-corrected chi connectivity index (χ1v) is 9.34. The number of hydrogen-bond acceptors (Lipinski definition) is 5. The highest BCUT2D eigenvalue weighted by atomic mass is 32.1. The van der Waals surface area contributed by atoms with Crippen LogP contribution in [0.15, 0.2) is 40.5 Å². The van der Waals surface area contributed by atoms with Crippen LogP contribution in [0.4, 0.5) is 0 Å². The molecular weight excluding hydrogens is 320 g/mol. The number of aromatic nitrogens is 3. The van der Waals surface area contributed by atoms with Crippen molar-refractivity contribution >= 4 is 11.3 Å². The van der Waals surface area contributed by atoms with E-state index in [0.29, 0.717) is 5.92 Å². The van der Waals surface area contributed by atoms with Crippen LogP contribution in [-0.2, 0) is 20.0 Å². The Morgan fingerprint density at radius 3 is 3.17 bits per heavy atom. The molecule has 1 aliphatic heterocycles. The molecule has 24 heavy (non-hydrogen) atoms. The Balaban J connectivity index is 1.37. The quantitative estimate of drug-likeness (QED) is 0.711. The van der Waals surface area contributed by atoms with Crippen molar-refractivity contribution in [2.45, 2.75) is 25.8 Å². The van der Waals surface area contributed by atoms with Crippen molar-refractivity contribution in [3.05, 3.63) is 47.5 Å². The number of nitrogens with zero attached hydrogens (tertiary/aromatic N) is 4. The monoisotopic (exact) mass is 342 g/mol. The topological polar surface area (TPSA) is 47.1 Å². The van der Waals surface area contributed by atoms with E-state index >= 15 is 0 Å². The van der Waals surface area contributed by atoms with E-state index in [9.17, 15) is 0 Å². The van der Waals surface area contributed by atoms with Gasteiger partial charge in [0.1, 0.15) is 5.82 Å². The summed E-state index contributed by atoms with van der Waals surface area (Å²) in [5.41, 5.74) is 1.02. The van der Waals surface area contributed by atoms with Crippen LogP contribution in [0.25, 0.3) is 10.6 Å². The molecule has 0 bridgehead atoms. The van der Waals surface area contributed by atoms with Gasteiger partial charge < -0.3 is 9.09 Å². The molecule has 4 rings (SSSR count). The van der Waals surface area contributed by atoms with Gasteiger partial charge in [0, 0.05) is 45.0 Å². The van der Waals surface area contributed by atoms with Crippen LogP contribution in [-0.4, -0.2) is 32.7 Å². The third-order valence-corrected chi connectivity index (χ3v) is 5.59. The van der Waals surface area contributed by atoms with Gasteiger partial charge in [-0.15, -0.1) is 11.3 Å². The molecule has 0 saturated carbocycles. The van der Waals surface area contributed by atoms with Gasteiger partial charge in [0.05, 0.1) is 10.6 Å². The van der Waals surface area contributed by atoms with Gasteiger partial charge in [0.15, 0.2) is 5.76 Å². The molecule has 0 spiro atoms. The van der Waals surface area contributed by atoms with E-state index in [1.165, 1.54) is 18.7 Å². The van der Waals surface area contributed by atoms with Crippen molar-refractivity contribution in [2.75, 3.05) is 13.1 Å². The van der Waals surface area contributed by atoms with E-state index < -0.39 is 0 Å². The Morgan fingerprint density at radius 1 is 1.42 bits per heavy atom. The van der Waals surface area contributed by atoms with Crippen LogP contribution in [0.1, 0.15) is 24.4 Å². The van der Waals surface area contributed by atoms with Crippen molar-refractivity contribution in [3.63, 3.8) is 0 Å². The first-order valence-electron chi connectivity index (χ1n) is 8.46. The summed E-state index contributed by atoms with van der Waals surface area (Å²) in [6.45, 7) is 3.11. The average Bonchev–Trinajstić information content (AvgIpc) is 3.31. The largest absolute Gasteiger partial charge is 0.355 e. The van der Waals surface area contributed by atoms with Gasteiger partial charge in [-0.3, -0.25) is 4.90 Å². The van der Waals surface area contributed by atoms with Gasteiger partial charge in [-0.25, -0.2) is 4.98 Å². The molecule has 0 aliphatic carbocycles. The molecular formula is C18H22N4OS. The van der Waals surface area contributed by atoms with Crippen LogP contribution in [0, 0.1) is 5.92 Å². The summed E-state index contributed by atoms with van der Waals surface area (Å²) in [4.78, 5) is 8.10. The number of thiophene rings is 1. The van der Waals surface area contributed by atoms with Crippen LogP contribution in [0.3, 0.4) is 0 Å². The summed E-state index contributed by atoms with van der Waals surface area (Å²) in [6.07, 6.45) is 7.49. The molecule has 0 unspecified atom stereocenters. The summed E-state index contributed by atoms with van der Waals surface area (Å²) in [7, 11) is 2.07. The fourth-order valence-electron chi connectivity index (χ4n) is 3.46. The summed E-state index contributed by atoms with van der Waals surface area (Å²) in [5, 5.41) is 6.31. The predicted molar refractivity (Wildman–Crippen MR) is 94.7 cm³/mol. The zero-order valence-corrected chi connectivity index (χ0v) is 14.7. The summed E-state index contributed by atoms with van der Waals surface area (Å²) >= 11 is 1.68. The highest BCUT2D eigenvalue weighted by molar-refractivity contribution is 7.13. The van der Waals surface area contributed by atoms with Crippen LogP contribution in [0.5, 0.6) is 0 Å². The number of imidazole rings is 1. The minimum absolute atomic E-state index is 0.670. The second kappa shape index (κ2) is 6.91. The minimum atomic E-state index is 0.670. The third-order valence-electron chi connectivity index (χ3n) is 4.70. The molecule has 4 heterocycles. The van der Waals surface area contributed by atoms with Gasteiger partial charge >= 0.3 is 0 Å². The molecule has 6 heteroatoms. The van der Waals surface area contributed by atoms with Crippen LogP contribution < -0.4 is 0 Å². The third kappa shape index (κ3) is 3.44. The van der Waals surface area contributed by atoms with Crippen molar-refractivity contribution in [1.29, 1.82) is 0 Å². The van der Waals surface area contributed by atoms with Gasteiger partial charge in [-0.2, -0.15) is 0 Å². The lowest BCUT2D eigenvalue weighted by molar-refractivity contribution is 0.162. The van der Waals surface area contributed by atoms with E-state index in [-0.39, 0.29) is 0 Å². The van der Waals surface area contributed by atoms with Crippen molar-refractivity contribution in [1.82, 2.24) is 19.6 Å². The predicted octanol–water partition coefficient (Wildman–Crippen LogP) is 3.59. The van der Waals surface area contributed by atoms with Crippen molar-refractivity contribution < 1.29 is 4.52 Å². The highest BCUT2D eigenvalue weighted by Crippen LogP contribution is 2.26. The van der Waals surface area contributed by atoms with Gasteiger partial charge in [-0.05, 0) is 36.8 Å². The number of piperidine rings is 1. The number of rotatable bonds is 5. The van der Waals surface area contributed by atoms with E-state index in [1.807, 2.05) is 18.5 Å². The highest BCUT2D eigenvalue weighted by Gasteiger charge is 2.22. The van der Waals surface area contributed by atoms with Crippen LogP contribution in [0.2, 0.25) is 0 Å². The Morgan fingerprint density at radius 2 is 2.38 bits per heavy atom. The maximum absolute atomic E-state index is 5.50. The molecule has 1 fully saturated rings. The van der Waals surface area contributed by atoms with E-state index in [2.05, 4.69) is 44.2 Å². The molecule has 3 aromatic rings. The van der Waals surface area contributed by atoms with E-state index in [0.717, 1.165) is 42.4 Å². The Kier molecular flexibility index (Phi) is 4.49. The van der Waals surface area contributed by atoms with E-state index in [1.54, 1.807) is 11.3 Å². The summed E-state index contributed by atoms with van der Waals surface area (Å²) in [6, 6.07) is 6.18.